The maximum absolute atomic E-state index is 12.9. The number of amides is 1. The van der Waals surface area contributed by atoms with Crippen molar-refractivity contribution in [1.29, 1.82) is 0 Å². The van der Waals surface area contributed by atoms with Gasteiger partial charge in [-0.15, -0.1) is 0 Å². The van der Waals surface area contributed by atoms with Crippen LogP contribution >= 0.6 is 23.2 Å². The van der Waals surface area contributed by atoms with Gasteiger partial charge in [-0.25, -0.2) is 0 Å². The van der Waals surface area contributed by atoms with E-state index in [-0.39, 0.29) is 11.9 Å². The second-order valence-electron chi connectivity index (χ2n) is 6.79. The summed E-state index contributed by atoms with van der Waals surface area (Å²) in [5.74, 6) is 0.384. The van der Waals surface area contributed by atoms with Crippen molar-refractivity contribution in [3.63, 3.8) is 0 Å². The largest absolute Gasteiger partial charge is 0.376 e. The topological polar surface area (TPSA) is 32.3 Å². The summed E-state index contributed by atoms with van der Waals surface area (Å²) in [6.45, 7) is 3.19. The van der Waals surface area contributed by atoms with Crippen LogP contribution in [0.3, 0.4) is 0 Å². The van der Waals surface area contributed by atoms with E-state index in [0.29, 0.717) is 21.5 Å². The highest BCUT2D eigenvalue weighted by Crippen LogP contribution is 2.30. The van der Waals surface area contributed by atoms with Crippen molar-refractivity contribution < 1.29 is 4.79 Å². The third-order valence-electron chi connectivity index (χ3n) is 4.64. The second kappa shape index (κ2) is 8.15. The Kier molecular flexibility index (Phi) is 5.90. The van der Waals surface area contributed by atoms with Gasteiger partial charge in [0.1, 0.15) is 0 Å². The lowest BCUT2D eigenvalue weighted by atomic mass is 9.95. The minimum absolute atomic E-state index is 0.214. The van der Waals surface area contributed by atoms with Gasteiger partial charge in [0.15, 0.2) is 0 Å². The molecule has 0 aliphatic carbocycles. The van der Waals surface area contributed by atoms with Crippen molar-refractivity contribution >= 4 is 29.1 Å². The fraction of sp³-hybridized carbons (Fsp3) is 0.286. The van der Waals surface area contributed by atoms with Crippen LogP contribution in [0.25, 0.3) is 0 Å². The minimum Gasteiger partial charge on any atom is -0.376 e. The molecule has 0 aromatic heterocycles. The zero-order valence-electron chi connectivity index (χ0n) is 14.9. The highest BCUT2D eigenvalue weighted by molar-refractivity contribution is 6.36. The molecule has 2 unspecified atom stereocenters. The fourth-order valence-electron chi connectivity index (χ4n) is 3.32. The first-order valence-corrected chi connectivity index (χ1v) is 9.43. The summed E-state index contributed by atoms with van der Waals surface area (Å²) in [5, 5.41) is 4.01. The van der Waals surface area contributed by atoms with Gasteiger partial charge in [-0.05, 0) is 36.1 Å². The highest BCUT2D eigenvalue weighted by atomic mass is 35.5. The molecular weight excluding hydrogens is 367 g/mol. The third kappa shape index (κ3) is 4.22. The van der Waals surface area contributed by atoms with E-state index in [4.69, 9.17) is 23.2 Å². The summed E-state index contributed by atoms with van der Waals surface area (Å²) in [6.07, 6.45) is 3.22. The molecule has 136 valence electrons. The van der Waals surface area contributed by atoms with Crippen LogP contribution in [-0.4, -0.2) is 24.4 Å². The van der Waals surface area contributed by atoms with Gasteiger partial charge in [0.2, 0.25) is 0 Å². The monoisotopic (exact) mass is 388 g/mol. The molecule has 1 amide bonds. The molecule has 0 saturated carbocycles. The maximum atomic E-state index is 12.9. The van der Waals surface area contributed by atoms with Crippen molar-refractivity contribution in [3.05, 3.63) is 81.5 Å². The van der Waals surface area contributed by atoms with Crippen LogP contribution in [0.4, 0.5) is 0 Å². The number of hydrogen-bond donors (Lipinski definition) is 1. The summed E-state index contributed by atoms with van der Waals surface area (Å²) in [4.78, 5) is 15.1. The van der Waals surface area contributed by atoms with Gasteiger partial charge in [-0.2, -0.15) is 0 Å². The first kappa shape index (κ1) is 18.8. The second-order valence-corrected chi connectivity index (χ2v) is 7.64. The molecule has 0 radical (unpaired) electrons. The summed E-state index contributed by atoms with van der Waals surface area (Å²) < 4.78 is 0. The molecule has 0 bridgehead atoms. The van der Waals surface area contributed by atoms with Gasteiger partial charge in [0.25, 0.3) is 5.91 Å². The van der Waals surface area contributed by atoms with Crippen molar-refractivity contribution in [2.24, 2.45) is 5.92 Å². The number of allylic oxidation sites excluding steroid dienone is 1. The molecule has 0 spiro atoms. The van der Waals surface area contributed by atoms with E-state index >= 15 is 0 Å². The lowest BCUT2D eigenvalue weighted by Crippen LogP contribution is -2.38. The van der Waals surface area contributed by atoms with Crippen molar-refractivity contribution in [3.8, 4) is 0 Å². The van der Waals surface area contributed by atoms with E-state index in [2.05, 4.69) is 30.3 Å². The molecule has 2 atom stereocenters. The summed E-state index contributed by atoms with van der Waals surface area (Å²) >= 11 is 12.2. The Hall–Kier alpha value is -1.97. The van der Waals surface area contributed by atoms with E-state index < -0.39 is 0 Å². The molecule has 0 fully saturated rings. The number of nitrogens with one attached hydrogen (secondary N) is 1. The van der Waals surface area contributed by atoms with Crippen LogP contribution in [-0.2, 0) is 0 Å². The first-order valence-electron chi connectivity index (χ1n) is 8.67. The van der Waals surface area contributed by atoms with Gasteiger partial charge in [0.05, 0.1) is 16.6 Å². The van der Waals surface area contributed by atoms with Gasteiger partial charge in [-0.3, -0.25) is 4.79 Å². The van der Waals surface area contributed by atoms with E-state index in [1.54, 1.807) is 18.2 Å². The molecule has 3 nitrogen and oxygen atoms in total. The third-order valence-corrected chi connectivity index (χ3v) is 5.18. The van der Waals surface area contributed by atoms with Crippen LogP contribution in [0, 0.1) is 5.92 Å². The van der Waals surface area contributed by atoms with Crippen LogP contribution in [0.15, 0.2) is 60.3 Å². The fourth-order valence-corrected chi connectivity index (χ4v) is 3.81. The van der Waals surface area contributed by atoms with Gasteiger partial charge >= 0.3 is 0 Å². The number of halogens is 2. The van der Waals surface area contributed by atoms with Crippen LogP contribution in [0.5, 0.6) is 0 Å². The van der Waals surface area contributed by atoms with Crippen molar-refractivity contribution in [1.82, 2.24) is 10.2 Å². The van der Waals surface area contributed by atoms with Crippen LogP contribution in [0.2, 0.25) is 10.0 Å². The standard InChI is InChI=1S/C21H22Cl2N2O/c1-14-8-11-19(25(2)13-14)20(15-6-4-3-5-7-15)24-21(26)17-10-9-16(22)12-18(17)23/h3-7,9-12,14,20H,8,13H2,1-2H3,(H,24,26). The van der Waals surface area contributed by atoms with E-state index in [1.807, 2.05) is 30.3 Å². The number of carbonyl (C=O) groups is 1. The Morgan fingerprint density at radius 2 is 1.92 bits per heavy atom. The summed E-state index contributed by atoms with van der Waals surface area (Å²) in [7, 11) is 2.07. The lowest BCUT2D eigenvalue weighted by molar-refractivity contribution is 0.0936. The lowest BCUT2D eigenvalue weighted by Gasteiger charge is -2.35. The number of benzene rings is 2. The van der Waals surface area contributed by atoms with E-state index in [0.717, 1.165) is 24.2 Å². The molecule has 1 aliphatic heterocycles. The van der Waals surface area contributed by atoms with Crippen LogP contribution < -0.4 is 5.32 Å². The number of hydrogen-bond acceptors (Lipinski definition) is 2. The molecule has 2 aromatic rings. The van der Waals surface area contributed by atoms with Gasteiger partial charge < -0.3 is 10.2 Å². The molecule has 1 N–H and O–H groups in total. The van der Waals surface area contributed by atoms with E-state index in [9.17, 15) is 4.79 Å². The molecule has 1 aliphatic rings. The Bertz CT molecular complexity index is 820. The molecule has 2 aromatic carbocycles. The minimum atomic E-state index is -0.229. The normalized spacial score (nSPS) is 18.2. The molecule has 1 heterocycles. The molecule has 26 heavy (non-hydrogen) atoms. The maximum Gasteiger partial charge on any atom is 0.253 e. The zero-order valence-corrected chi connectivity index (χ0v) is 16.4. The van der Waals surface area contributed by atoms with E-state index in [1.165, 1.54) is 0 Å². The first-order chi connectivity index (χ1) is 12.5. The molecule has 0 saturated heterocycles. The zero-order chi connectivity index (χ0) is 18.7. The number of likely N-dealkylation sites (N-methyl/N-ethyl adjacent to an activating group) is 1. The number of carbonyl (C=O) groups excluding carboxylic acids is 1. The Morgan fingerprint density at radius 1 is 1.19 bits per heavy atom. The average molecular weight is 389 g/mol. The number of nitrogens with zero attached hydrogens (tertiary/aromatic N) is 1. The SMILES string of the molecule is CC1CC=C(C(NC(=O)c2ccc(Cl)cc2Cl)c2ccccc2)N(C)C1. The quantitative estimate of drug-likeness (QED) is 0.768. The summed E-state index contributed by atoms with van der Waals surface area (Å²) in [5.41, 5.74) is 2.57. The Balaban J connectivity index is 1.93. The molecule has 5 heteroatoms. The smallest absolute Gasteiger partial charge is 0.253 e. The van der Waals surface area contributed by atoms with Gasteiger partial charge in [-0.1, -0.05) is 66.5 Å². The molecular formula is C21H22Cl2N2O. The number of rotatable bonds is 4. The Labute approximate surface area is 164 Å². The predicted molar refractivity (Wildman–Crippen MR) is 108 cm³/mol. The average Bonchev–Trinajstić information content (AvgIpc) is 2.61. The molecule has 3 rings (SSSR count). The van der Waals surface area contributed by atoms with Crippen LogP contribution in [0.1, 0.15) is 35.3 Å². The van der Waals surface area contributed by atoms with Gasteiger partial charge in [0, 0.05) is 24.3 Å². The van der Waals surface area contributed by atoms with Crippen molar-refractivity contribution in [2.45, 2.75) is 19.4 Å². The Morgan fingerprint density at radius 3 is 2.58 bits per heavy atom. The highest BCUT2D eigenvalue weighted by Gasteiger charge is 2.26. The van der Waals surface area contributed by atoms with Crippen molar-refractivity contribution in [2.75, 3.05) is 13.6 Å². The summed E-state index contributed by atoms with van der Waals surface area (Å²) in [6, 6.07) is 14.7. The predicted octanol–water partition coefficient (Wildman–Crippen LogP) is 5.32.